The zero-order valence-corrected chi connectivity index (χ0v) is 18.7. The topological polar surface area (TPSA) is 61.2 Å². The van der Waals surface area contributed by atoms with Gasteiger partial charge in [0.25, 0.3) is 5.91 Å². The Labute approximate surface area is 196 Å². The van der Waals surface area contributed by atoms with Gasteiger partial charge in [-0.3, -0.25) is 9.59 Å². The third-order valence-corrected chi connectivity index (χ3v) is 6.03. The first kappa shape index (κ1) is 23.9. The number of fused-ring (bicyclic) bond motifs is 1. The van der Waals surface area contributed by atoms with Crippen LogP contribution in [0.4, 0.5) is 17.6 Å². The number of halogens is 5. The maximum absolute atomic E-state index is 14.9. The second kappa shape index (κ2) is 9.21. The highest BCUT2D eigenvalue weighted by molar-refractivity contribution is 6.34. The van der Waals surface area contributed by atoms with E-state index in [2.05, 4.69) is 5.10 Å². The zero-order chi connectivity index (χ0) is 24.6. The summed E-state index contributed by atoms with van der Waals surface area (Å²) in [6.07, 6.45) is -1.97. The summed E-state index contributed by atoms with van der Waals surface area (Å²) < 4.78 is 61.4. The van der Waals surface area contributed by atoms with E-state index in [1.54, 1.807) is 13.0 Å². The monoisotopic (exact) mass is 494 g/mol. The molecule has 0 aliphatic heterocycles. The largest absolute Gasteiger partial charge is 0.466 e. The molecule has 34 heavy (non-hydrogen) atoms. The van der Waals surface area contributed by atoms with E-state index < -0.39 is 34.1 Å². The van der Waals surface area contributed by atoms with E-state index in [0.29, 0.717) is 24.8 Å². The van der Waals surface area contributed by atoms with E-state index in [0.717, 1.165) is 16.8 Å². The summed E-state index contributed by atoms with van der Waals surface area (Å²) in [5.74, 6) is -2.47. The van der Waals surface area contributed by atoms with Gasteiger partial charge >= 0.3 is 12.1 Å². The number of benzene rings is 2. The van der Waals surface area contributed by atoms with Crippen LogP contribution in [0.2, 0.25) is 5.02 Å². The number of rotatable bonds is 4. The summed E-state index contributed by atoms with van der Waals surface area (Å²) in [4.78, 5) is 25.3. The van der Waals surface area contributed by atoms with E-state index in [9.17, 15) is 27.2 Å². The minimum atomic E-state index is -4.83. The highest BCUT2D eigenvalue weighted by atomic mass is 35.5. The van der Waals surface area contributed by atoms with Crippen LogP contribution < -0.4 is 0 Å². The molecule has 1 aliphatic rings. The molecule has 1 heterocycles. The van der Waals surface area contributed by atoms with E-state index in [4.69, 9.17) is 16.3 Å². The molecule has 1 unspecified atom stereocenters. The molecule has 0 radical (unpaired) electrons. The first-order valence-corrected chi connectivity index (χ1v) is 10.9. The third-order valence-electron chi connectivity index (χ3n) is 5.72. The lowest BCUT2D eigenvalue weighted by Crippen LogP contribution is -2.21. The number of allylic oxidation sites excluding steroid dienone is 2. The van der Waals surface area contributed by atoms with Crippen molar-refractivity contribution >= 4 is 40.0 Å². The Morgan fingerprint density at radius 3 is 2.59 bits per heavy atom. The molecule has 178 valence electrons. The Morgan fingerprint density at radius 1 is 1.21 bits per heavy atom. The quantitative estimate of drug-likeness (QED) is 0.316. The molecule has 1 atom stereocenters. The van der Waals surface area contributed by atoms with Crippen molar-refractivity contribution in [3.63, 3.8) is 0 Å². The van der Waals surface area contributed by atoms with Crippen LogP contribution in [-0.2, 0) is 15.7 Å². The van der Waals surface area contributed by atoms with E-state index in [-0.39, 0.29) is 35.1 Å². The summed E-state index contributed by atoms with van der Waals surface area (Å²) in [5, 5.41) is 3.86. The molecule has 0 N–H and O–H groups in total. The second-order valence-corrected chi connectivity index (χ2v) is 8.22. The van der Waals surface area contributed by atoms with Crippen molar-refractivity contribution in [3.05, 3.63) is 70.1 Å². The zero-order valence-electron chi connectivity index (χ0n) is 18.0. The van der Waals surface area contributed by atoms with Crippen LogP contribution in [0.3, 0.4) is 0 Å². The fourth-order valence-corrected chi connectivity index (χ4v) is 4.37. The number of alkyl halides is 3. The maximum atomic E-state index is 14.9. The number of aromatic nitrogens is 2. The molecule has 0 amide bonds. The van der Waals surface area contributed by atoms with Crippen molar-refractivity contribution in [2.45, 2.75) is 32.4 Å². The van der Waals surface area contributed by atoms with Crippen LogP contribution in [0.15, 0.2) is 42.5 Å². The fraction of sp³-hybridized carbons (Fsp3) is 0.292. The molecule has 0 spiro atoms. The van der Waals surface area contributed by atoms with Crippen LogP contribution in [0.5, 0.6) is 0 Å². The fourth-order valence-electron chi connectivity index (χ4n) is 4.11. The van der Waals surface area contributed by atoms with Crippen molar-refractivity contribution in [2.75, 3.05) is 6.61 Å². The van der Waals surface area contributed by atoms with Gasteiger partial charge in [-0.05, 0) is 56.0 Å². The molecule has 0 saturated carbocycles. The Balaban J connectivity index is 1.82. The molecule has 0 fully saturated rings. The Hall–Kier alpha value is -3.20. The number of carbonyl (C=O) groups is 2. The van der Waals surface area contributed by atoms with Gasteiger partial charge in [-0.2, -0.15) is 23.0 Å². The lowest BCUT2D eigenvalue weighted by atomic mass is 9.87. The average molecular weight is 495 g/mol. The molecule has 4 rings (SSSR count). The molecule has 3 aromatic rings. The van der Waals surface area contributed by atoms with Crippen LogP contribution in [0.1, 0.15) is 47.8 Å². The van der Waals surface area contributed by atoms with Gasteiger partial charge in [0.1, 0.15) is 5.82 Å². The highest BCUT2D eigenvalue weighted by Crippen LogP contribution is 2.38. The molecule has 2 aromatic carbocycles. The number of nitrogens with zero attached hydrogens (tertiary/aromatic N) is 2. The van der Waals surface area contributed by atoms with Crippen molar-refractivity contribution < 1.29 is 31.9 Å². The minimum absolute atomic E-state index is 0.0114. The smallest absolute Gasteiger partial charge is 0.417 e. The van der Waals surface area contributed by atoms with Gasteiger partial charge in [-0.25, -0.2) is 4.39 Å². The SMILES string of the molecule is CCOC(=O)C1CC=C(c2nn(C(=O)c3c(Cl)cccc3C(F)(F)F)c3cccc(F)c23)CC1. The molecule has 10 heteroatoms. The number of carbonyl (C=O) groups excluding carboxylic acids is 2. The second-order valence-electron chi connectivity index (χ2n) is 7.81. The van der Waals surface area contributed by atoms with Gasteiger partial charge in [0.05, 0.1) is 45.3 Å². The van der Waals surface area contributed by atoms with E-state index >= 15 is 0 Å². The Morgan fingerprint density at radius 2 is 1.94 bits per heavy atom. The summed E-state index contributed by atoms with van der Waals surface area (Å²) in [6.45, 7) is 1.97. The molecule has 1 aromatic heterocycles. The molecule has 0 saturated heterocycles. The van der Waals surface area contributed by atoms with Gasteiger partial charge in [0.2, 0.25) is 0 Å². The van der Waals surface area contributed by atoms with E-state index in [1.807, 2.05) is 0 Å². The summed E-state index contributed by atoms with van der Waals surface area (Å²) in [7, 11) is 0. The third kappa shape index (κ3) is 4.32. The normalized spacial score (nSPS) is 16.4. The molecule has 0 bridgehead atoms. The first-order chi connectivity index (χ1) is 16.1. The summed E-state index contributed by atoms with van der Waals surface area (Å²) in [5.41, 5.74) is -1.22. The number of hydrogen-bond acceptors (Lipinski definition) is 4. The Bertz CT molecular complexity index is 1310. The predicted octanol–water partition coefficient (Wildman–Crippen LogP) is 6.28. The van der Waals surface area contributed by atoms with Gasteiger partial charge in [-0.15, -0.1) is 0 Å². The van der Waals surface area contributed by atoms with Crippen LogP contribution in [0, 0.1) is 11.7 Å². The predicted molar refractivity (Wildman–Crippen MR) is 118 cm³/mol. The lowest BCUT2D eigenvalue weighted by Gasteiger charge is -2.19. The molecule has 5 nitrogen and oxygen atoms in total. The van der Waals surface area contributed by atoms with Crippen molar-refractivity contribution in [1.29, 1.82) is 0 Å². The van der Waals surface area contributed by atoms with Gasteiger partial charge < -0.3 is 4.74 Å². The number of esters is 1. The van der Waals surface area contributed by atoms with Gasteiger partial charge in [-0.1, -0.05) is 29.8 Å². The standard InChI is InChI=1S/C24H19ClF4N2O3/c1-2-34-23(33)14-11-9-13(10-12-14)21-20-17(26)7-4-8-18(20)31(30-21)22(32)19-15(24(27,28)29)5-3-6-16(19)25/h3-9,14H,2,10-12H2,1H3. The van der Waals surface area contributed by atoms with Crippen molar-refractivity contribution in [2.24, 2.45) is 5.92 Å². The molecule has 1 aliphatic carbocycles. The van der Waals surface area contributed by atoms with Crippen LogP contribution in [0.25, 0.3) is 16.5 Å². The van der Waals surface area contributed by atoms with Crippen molar-refractivity contribution in [3.8, 4) is 0 Å². The maximum Gasteiger partial charge on any atom is 0.417 e. The first-order valence-electron chi connectivity index (χ1n) is 10.6. The number of ether oxygens (including phenoxy) is 1. The molecular weight excluding hydrogens is 476 g/mol. The van der Waals surface area contributed by atoms with Crippen LogP contribution in [-0.4, -0.2) is 28.3 Å². The molecular formula is C24H19ClF4N2O3. The van der Waals surface area contributed by atoms with Gasteiger partial charge in [0, 0.05) is 0 Å². The van der Waals surface area contributed by atoms with Gasteiger partial charge in [0.15, 0.2) is 0 Å². The summed E-state index contributed by atoms with van der Waals surface area (Å²) in [6, 6.07) is 6.96. The van der Waals surface area contributed by atoms with Crippen LogP contribution >= 0.6 is 11.6 Å². The minimum Gasteiger partial charge on any atom is -0.466 e. The average Bonchev–Trinajstić information content (AvgIpc) is 3.19. The Kier molecular flexibility index (Phi) is 6.49. The van der Waals surface area contributed by atoms with E-state index in [1.165, 1.54) is 24.3 Å². The lowest BCUT2D eigenvalue weighted by molar-refractivity contribution is -0.148. The highest BCUT2D eigenvalue weighted by Gasteiger charge is 2.37. The number of hydrogen-bond donors (Lipinski definition) is 0. The van der Waals surface area contributed by atoms with Crippen molar-refractivity contribution in [1.82, 2.24) is 9.78 Å². The summed E-state index contributed by atoms with van der Waals surface area (Å²) >= 11 is 6.00.